The molecule has 0 saturated carbocycles. The highest BCUT2D eigenvalue weighted by atomic mass is 35.5. The van der Waals surface area contributed by atoms with Crippen molar-refractivity contribution >= 4 is 41.0 Å². The average molecular weight is 577 g/mol. The molecule has 0 bridgehead atoms. The number of benzene rings is 3. The van der Waals surface area contributed by atoms with E-state index in [0.717, 1.165) is 16.7 Å². The Kier molecular flexibility index (Phi) is 7.60. The van der Waals surface area contributed by atoms with Crippen LogP contribution in [0, 0.1) is 5.82 Å². The van der Waals surface area contributed by atoms with E-state index in [1.165, 1.54) is 28.8 Å². The SMILES string of the molecule is O=C(CN1C(=O)CSC(c2ccc(F)cc2)c2c(-c3ccccc3)nn(-c3ccccc3Cl)c21)N1CCOCC1. The Labute approximate surface area is 240 Å². The van der Waals surface area contributed by atoms with Crippen molar-refractivity contribution in [3.63, 3.8) is 0 Å². The quantitative estimate of drug-likeness (QED) is 0.320. The van der Waals surface area contributed by atoms with E-state index in [2.05, 4.69) is 0 Å². The maximum absolute atomic E-state index is 13.9. The van der Waals surface area contributed by atoms with Crippen LogP contribution in [0.1, 0.15) is 16.4 Å². The van der Waals surface area contributed by atoms with Gasteiger partial charge in [0.25, 0.3) is 0 Å². The molecule has 3 heterocycles. The number of hydrogen-bond donors (Lipinski definition) is 0. The minimum atomic E-state index is -0.352. The van der Waals surface area contributed by atoms with Gasteiger partial charge in [0.1, 0.15) is 18.2 Å². The number of nitrogens with zero attached hydrogens (tertiary/aromatic N) is 4. The topological polar surface area (TPSA) is 67.7 Å². The lowest BCUT2D eigenvalue weighted by Gasteiger charge is -2.30. The first-order valence-corrected chi connectivity index (χ1v) is 14.4. The molecular formula is C30H26ClFN4O3S. The maximum Gasteiger partial charge on any atom is 0.242 e. The molecule has 2 aliphatic rings. The zero-order valence-electron chi connectivity index (χ0n) is 21.5. The summed E-state index contributed by atoms with van der Waals surface area (Å²) >= 11 is 8.12. The summed E-state index contributed by atoms with van der Waals surface area (Å²) in [7, 11) is 0. The van der Waals surface area contributed by atoms with E-state index in [4.69, 9.17) is 21.4 Å². The molecule has 2 amide bonds. The fourth-order valence-electron chi connectivity index (χ4n) is 5.07. The molecule has 0 aliphatic carbocycles. The lowest BCUT2D eigenvalue weighted by Crippen LogP contribution is -2.48. The average Bonchev–Trinajstić information content (AvgIpc) is 3.31. The van der Waals surface area contributed by atoms with Crippen LogP contribution in [0.4, 0.5) is 10.2 Å². The fraction of sp³-hybridized carbons (Fsp3) is 0.233. The highest BCUT2D eigenvalue weighted by Crippen LogP contribution is 2.48. The zero-order valence-corrected chi connectivity index (χ0v) is 23.1. The molecule has 1 fully saturated rings. The summed E-state index contributed by atoms with van der Waals surface area (Å²) in [5.74, 6) is -0.111. The Hall–Kier alpha value is -3.66. The summed E-state index contributed by atoms with van der Waals surface area (Å²) in [5, 5.41) is 5.14. The Morgan fingerprint density at radius 1 is 1.00 bits per heavy atom. The fourth-order valence-corrected chi connectivity index (χ4v) is 6.48. The van der Waals surface area contributed by atoms with Gasteiger partial charge < -0.3 is 9.64 Å². The molecule has 1 unspecified atom stereocenters. The van der Waals surface area contributed by atoms with E-state index in [1.807, 2.05) is 48.5 Å². The molecule has 2 aliphatic heterocycles. The van der Waals surface area contributed by atoms with Gasteiger partial charge in [-0.15, -0.1) is 11.8 Å². The van der Waals surface area contributed by atoms with Crippen LogP contribution in [0.25, 0.3) is 16.9 Å². The van der Waals surface area contributed by atoms with Gasteiger partial charge in [-0.3, -0.25) is 14.5 Å². The highest BCUT2D eigenvalue weighted by molar-refractivity contribution is 8.00. The van der Waals surface area contributed by atoms with E-state index >= 15 is 0 Å². The van der Waals surface area contributed by atoms with Gasteiger partial charge in [0.05, 0.1) is 40.6 Å². The van der Waals surface area contributed by atoms with E-state index in [-0.39, 0.29) is 35.2 Å². The standard InChI is InChI=1S/C30H26ClFN4O3S/c31-23-8-4-5-9-24(23)36-30-27(28(33-36)20-6-2-1-3-7-20)29(21-10-12-22(32)13-11-21)40-19-26(38)35(30)18-25(37)34-14-16-39-17-15-34/h1-13,29H,14-19H2. The third kappa shape index (κ3) is 5.12. The molecule has 4 aromatic rings. The van der Waals surface area contributed by atoms with Crippen molar-refractivity contribution in [3.8, 4) is 16.9 Å². The van der Waals surface area contributed by atoms with Crippen LogP contribution >= 0.6 is 23.4 Å². The largest absolute Gasteiger partial charge is 0.378 e. The number of rotatable bonds is 5. The molecule has 0 spiro atoms. The molecule has 204 valence electrons. The summed E-state index contributed by atoms with van der Waals surface area (Å²) in [5.41, 5.74) is 3.70. The summed E-state index contributed by atoms with van der Waals surface area (Å²) < 4.78 is 21.0. The number of carbonyl (C=O) groups is 2. The predicted molar refractivity (Wildman–Crippen MR) is 154 cm³/mol. The van der Waals surface area contributed by atoms with Gasteiger partial charge in [0.15, 0.2) is 0 Å². The number of halogens is 2. The second-order valence-corrected chi connectivity index (χ2v) is 11.0. The van der Waals surface area contributed by atoms with Crippen LogP contribution in [-0.2, 0) is 14.3 Å². The highest BCUT2D eigenvalue weighted by Gasteiger charge is 2.38. The molecule has 0 N–H and O–H groups in total. The van der Waals surface area contributed by atoms with Crippen LogP contribution in [0.5, 0.6) is 0 Å². The van der Waals surface area contributed by atoms with Gasteiger partial charge >= 0.3 is 0 Å². The van der Waals surface area contributed by atoms with E-state index in [9.17, 15) is 14.0 Å². The second-order valence-electron chi connectivity index (χ2n) is 9.53. The lowest BCUT2D eigenvalue weighted by atomic mass is 9.99. The van der Waals surface area contributed by atoms with Gasteiger partial charge in [-0.05, 0) is 29.8 Å². The van der Waals surface area contributed by atoms with Crippen molar-refractivity contribution in [1.29, 1.82) is 0 Å². The van der Waals surface area contributed by atoms with Gasteiger partial charge in [-0.1, -0.05) is 66.2 Å². The van der Waals surface area contributed by atoms with E-state index < -0.39 is 0 Å². The first-order chi connectivity index (χ1) is 19.5. The van der Waals surface area contributed by atoms with Crippen molar-refractivity contribution in [3.05, 3.63) is 101 Å². The van der Waals surface area contributed by atoms with Crippen molar-refractivity contribution in [1.82, 2.24) is 14.7 Å². The van der Waals surface area contributed by atoms with Crippen molar-refractivity contribution < 1.29 is 18.7 Å². The summed E-state index contributed by atoms with van der Waals surface area (Å²) in [6.45, 7) is 1.72. The summed E-state index contributed by atoms with van der Waals surface area (Å²) in [4.78, 5) is 30.6. The number of aromatic nitrogens is 2. The van der Waals surface area contributed by atoms with Crippen LogP contribution in [0.15, 0.2) is 78.9 Å². The van der Waals surface area contributed by atoms with Crippen LogP contribution < -0.4 is 4.90 Å². The Bertz CT molecular complexity index is 1540. The third-order valence-corrected chi connectivity index (χ3v) is 8.62. The minimum Gasteiger partial charge on any atom is -0.378 e. The number of morpholine rings is 1. The summed E-state index contributed by atoms with van der Waals surface area (Å²) in [6, 6.07) is 23.3. The van der Waals surface area contributed by atoms with E-state index in [1.54, 1.807) is 27.8 Å². The maximum atomic E-state index is 13.9. The first kappa shape index (κ1) is 26.6. The van der Waals surface area contributed by atoms with E-state index in [0.29, 0.717) is 48.5 Å². The number of carbonyl (C=O) groups excluding carboxylic acids is 2. The van der Waals surface area contributed by atoms with Crippen LogP contribution in [0.2, 0.25) is 5.02 Å². The van der Waals surface area contributed by atoms with Crippen molar-refractivity contribution in [2.45, 2.75) is 5.25 Å². The van der Waals surface area contributed by atoms with Crippen LogP contribution in [0.3, 0.4) is 0 Å². The molecular weight excluding hydrogens is 551 g/mol. The molecule has 1 atom stereocenters. The summed E-state index contributed by atoms with van der Waals surface area (Å²) in [6.07, 6.45) is 0. The van der Waals surface area contributed by atoms with Gasteiger partial charge in [0, 0.05) is 24.2 Å². The Morgan fingerprint density at radius 2 is 1.70 bits per heavy atom. The zero-order chi connectivity index (χ0) is 27.6. The Balaban J connectivity index is 1.59. The predicted octanol–water partition coefficient (Wildman–Crippen LogP) is 5.36. The normalized spacial score (nSPS) is 17.4. The third-order valence-electron chi connectivity index (χ3n) is 7.05. The monoisotopic (exact) mass is 576 g/mol. The molecule has 3 aromatic carbocycles. The second kappa shape index (κ2) is 11.4. The van der Waals surface area contributed by atoms with Crippen LogP contribution in [-0.4, -0.2) is 65.1 Å². The number of amides is 2. The molecule has 6 rings (SSSR count). The number of thioether (sulfide) groups is 1. The molecule has 10 heteroatoms. The van der Waals surface area contributed by atoms with Gasteiger partial charge in [-0.2, -0.15) is 5.10 Å². The number of para-hydroxylation sites is 1. The van der Waals surface area contributed by atoms with Gasteiger partial charge in [0.2, 0.25) is 11.8 Å². The molecule has 1 aromatic heterocycles. The lowest BCUT2D eigenvalue weighted by molar-refractivity contribution is -0.134. The number of fused-ring (bicyclic) bond motifs is 1. The molecule has 40 heavy (non-hydrogen) atoms. The van der Waals surface area contributed by atoms with Crippen molar-refractivity contribution in [2.24, 2.45) is 0 Å². The number of hydrogen-bond acceptors (Lipinski definition) is 5. The number of ether oxygens (including phenoxy) is 1. The molecule has 0 radical (unpaired) electrons. The Morgan fingerprint density at radius 3 is 2.42 bits per heavy atom. The first-order valence-electron chi connectivity index (χ1n) is 13.0. The van der Waals surface area contributed by atoms with Gasteiger partial charge in [-0.25, -0.2) is 9.07 Å². The minimum absolute atomic E-state index is 0.129. The van der Waals surface area contributed by atoms with Crippen molar-refractivity contribution in [2.75, 3.05) is 43.5 Å². The smallest absolute Gasteiger partial charge is 0.242 e. The molecule has 1 saturated heterocycles. The number of anilines is 1. The molecule has 7 nitrogen and oxygen atoms in total.